The molecule has 0 aromatic heterocycles. The largest absolute Gasteiger partial charge is 0.460 e. The van der Waals surface area contributed by atoms with Crippen molar-refractivity contribution in [2.45, 2.75) is 72.1 Å². The van der Waals surface area contributed by atoms with E-state index in [-0.39, 0.29) is 35.9 Å². The summed E-state index contributed by atoms with van der Waals surface area (Å²) < 4.78 is 10.6. The standard InChI is InChI=1S/C24H35NO5/c1-5-6-7-8-9-10-11-12-20-13-14-21(22(17-20)30-23(27)18(2)3)24(28)29-16-15-25-19(4)26/h13-14,17H,2,5-12,15-16H2,1,3-4H3,(H,25,26). The Labute approximate surface area is 180 Å². The van der Waals surface area contributed by atoms with E-state index >= 15 is 0 Å². The fourth-order valence-electron chi connectivity index (χ4n) is 2.90. The van der Waals surface area contributed by atoms with Crippen molar-refractivity contribution in [3.63, 3.8) is 0 Å². The van der Waals surface area contributed by atoms with Gasteiger partial charge in [0, 0.05) is 12.5 Å². The van der Waals surface area contributed by atoms with E-state index < -0.39 is 11.9 Å². The minimum atomic E-state index is -0.604. The monoisotopic (exact) mass is 417 g/mol. The summed E-state index contributed by atoms with van der Waals surface area (Å²) >= 11 is 0. The molecule has 6 nitrogen and oxygen atoms in total. The summed E-state index contributed by atoms with van der Waals surface area (Å²) in [6, 6.07) is 5.21. The van der Waals surface area contributed by atoms with E-state index in [1.165, 1.54) is 39.0 Å². The van der Waals surface area contributed by atoms with Crippen LogP contribution in [0.15, 0.2) is 30.4 Å². The molecule has 0 atom stereocenters. The van der Waals surface area contributed by atoms with Gasteiger partial charge in [-0.1, -0.05) is 58.1 Å². The van der Waals surface area contributed by atoms with Gasteiger partial charge in [0.2, 0.25) is 5.91 Å². The van der Waals surface area contributed by atoms with Gasteiger partial charge < -0.3 is 14.8 Å². The number of unbranched alkanes of at least 4 members (excludes halogenated alkanes) is 6. The molecule has 0 aliphatic heterocycles. The van der Waals surface area contributed by atoms with Crippen LogP contribution in [0.2, 0.25) is 0 Å². The first kappa shape index (κ1) is 25.4. The second-order valence-electron chi connectivity index (χ2n) is 7.49. The van der Waals surface area contributed by atoms with Crippen LogP contribution in [0.1, 0.15) is 81.6 Å². The van der Waals surface area contributed by atoms with Crippen molar-refractivity contribution in [1.29, 1.82) is 0 Å². The number of amides is 1. The van der Waals surface area contributed by atoms with E-state index in [0.29, 0.717) is 0 Å². The Bertz CT molecular complexity index is 726. The van der Waals surface area contributed by atoms with Crippen LogP contribution in [-0.4, -0.2) is 31.0 Å². The van der Waals surface area contributed by atoms with Crippen molar-refractivity contribution in [3.05, 3.63) is 41.5 Å². The summed E-state index contributed by atoms with van der Waals surface area (Å²) in [6.45, 7) is 8.99. The number of esters is 2. The number of hydrogen-bond acceptors (Lipinski definition) is 5. The Balaban J connectivity index is 2.72. The van der Waals surface area contributed by atoms with Gasteiger partial charge in [-0.15, -0.1) is 0 Å². The van der Waals surface area contributed by atoms with Crippen molar-refractivity contribution in [2.24, 2.45) is 0 Å². The second-order valence-corrected chi connectivity index (χ2v) is 7.49. The molecule has 1 aromatic rings. The van der Waals surface area contributed by atoms with Gasteiger partial charge >= 0.3 is 11.9 Å². The summed E-state index contributed by atoms with van der Waals surface area (Å²) in [5.41, 5.74) is 1.43. The van der Waals surface area contributed by atoms with E-state index in [4.69, 9.17) is 9.47 Å². The lowest BCUT2D eigenvalue weighted by Crippen LogP contribution is -2.25. The topological polar surface area (TPSA) is 81.7 Å². The third-order valence-electron chi connectivity index (χ3n) is 4.60. The number of carbonyl (C=O) groups is 3. The van der Waals surface area contributed by atoms with Gasteiger partial charge in [0.1, 0.15) is 17.9 Å². The predicted molar refractivity (Wildman–Crippen MR) is 118 cm³/mol. The molecule has 30 heavy (non-hydrogen) atoms. The number of rotatable bonds is 14. The van der Waals surface area contributed by atoms with Crippen LogP contribution in [-0.2, 0) is 20.7 Å². The molecule has 1 N–H and O–H groups in total. The molecule has 0 aliphatic rings. The Hall–Kier alpha value is -2.63. The van der Waals surface area contributed by atoms with E-state index in [1.807, 2.05) is 6.07 Å². The molecule has 0 bridgehead atoms. The summed E-state index contributed by atoms with van der Waals surface area (Å²) in [5, 5.41) is 2.55. The Morgan fingerprint density at radius 3 is 2.30 bits per heavy atom. The zero-order valence-electron chi connectivity index (χ0n) is 18.6. The average molecular weight is 418 g/mol. The highest BCUT2D eigenvalue weighted by atomic mass is 16.5. The Kier molecular flexibility index (Phi) is 12.2. The van der Waals surface area contributed by atoms with Crippen LogP contribution in [0.5, 0.6) is 5.75 Å². The van der Waals surface area contributed by atoms with Crippen LogP contribution < -0.4 is 10.1 Å². The minimum absolute atomic E-state index is 0.0338. The zero-order valence-corrected chi connectivity index (χ0v) is 18.6. The zero-order chi connectivity index (χ0) is 22.4. The second kappa shape index (κ2) is 14.4. The lowest BCUT2D eigenvalue weighted by molar-refractivity contribution is -0.130. The summed E-state index contributed by atoms with van der Waals surface area (Å²) in [5.74, 6) is -1.22. The van der Waals surface area contributed by atoms with Gasteiger partial charge in [-0.2, -0.15) is 0 Å². The summed E-state index contributed by atoms with van der Waals surface area (Å²) in [6.07, 6.45) is 9.35. The molecule has 1 rings (SSSR count). The molecule has 166 valence electrons. The van der Waals surface area contributed by atoms with Crippen LogP contribution in [0.25, 0.3) is 0 Å². The number of aryl methyl sites for hydroxylation is 1. The molecular weight excluding hydrogens is 382 g/mol. The van der Waals surface area contributed by atoms with Crippen LogP contribution in [0.4, 0.5) is 0 Å². The molecule has 0 unspecified atom stereocenters. The van der Waals surface area contributed by atoms with Crippen molar-refractivity contribution in [1.82, 2.24) is 5.32 Å². The highest BCUT2D eigenvalue weighted by Crippen LogP contribution is 2.24. The van der Waals surface area contributed by atoms with E-state index in [2.05, 4.69) is 18.8 Å². The van der Waals surface area contributed by atoms with Crippen molar-refractivity contribution < 1.29 is 23.9 Å². The fraction of sp³-hybridized carbons (Fsp3) is 0.542. The van der Waals surface area contributed by atoms with E-state index in [0.717, 1.165) is 24.8 Å². The highest BCUT2D eigenvalue weighted by Gasteiger charge is 2.18. The van der Waals surface area contributed by atoms with Crippen LogP contribution in [0.3, 0.4) is 0 Å². The third kappa shape index (κ3) is 10.2. The average Bonchev–Trinajstić information content (AvgIpc) is 2.70. The first-order chi connectivity index (χ1) is 14.3. The Morgan fingerprint density at radius 1 is 1.00 bits per heavy atom. The summed E-state index contributed by atoms with van der Waals surface area (Å²) in [4.78, 5) is 35.3. The van der Waals surface area contributed by atoms with E-state index in [1.54, 1.807) is 19.1 Å². The Morgan fingerprint density at radius 2 is 1.67 bits per heavy atom. The van der Waals surface area contributed by atoms with Gasteiger partial charge in [-0.05, 0) is 37.5 Å². The van der Waals surface area contributed by atoms with Gasteiger partial charge in [0.15, 0.2) is 0 Å². The summed E-state index contributed by atoms with van der Waals surface area (Å²) in [7, 11) is 0. The lowest BCUT2D eigenvalue weighted by Gasteiger charge is -2.12. The predicted octanol–water partition coefficient (Wildman–Crippen LogP) is 4.75. The third-order valence-corrected chi connectivity index (χ3v) is 4.60. The number of nitrogens with one attached hydrogen (secondary N) is 1. The molecule has 0 fully saturated rings. The molecule has 0 saturated heterocycles. The van der Waals surface area contributed by atoms with Gasteiger partial charge in [0.05, 0.1) is 6.54 Å². The first-order valence-corrected chi connectivity index (χ1v) is 10.8. The molecule has 0 saturated carbocycles. The molecule has 0 aliphatic carbocycles. The van der Waals surface area contributed by atoms with E-state index in [9.17, 15) is 14.4 Å². The fourth-order valence-corrected chi connectivity index (χ4v) is 2.90. The number of ether oxygens (including phenoxy) is 2. The molecule has 0 heterocycles. The van der Waals surface area contributed by atoms with Gasteiger partial charge in [-0.3, -0.25) is 4.79 Å². The first-order valence-electron chi connectivity index (χ1n) is 10.8. The molecule has 6 heteroatoms. The molecule has 0 spiro atoms. The van der Waals surface area contributed by atoms with Crippen molar-refractivity contribution in [2.75, 3.05) is 13.2 Å². The van der Waals surface area contributed by atoms with Crippen molar-refractivity contribution in [3.8, 4) is 5.75 Å². The maximum absolute atomic E-state index is 12.4. The highest BCUT2D eigenvalue weighted by molar-refractivity contribution is 5.95. The van der Waals surface area contributed by atoms with Gasteiger partial charge in [0.25, 0.3) is 0 Å². The van der Waals surface area contributed by atoms with Crippen LogP contribution in [0, 0.1) is 0 Å². The van der Waals surface area contributed by atoms with Crippen LogP contribution >= 0.6 is 0 Å². The number of benzene rings is 1. The lowest BCUT2D eigenvalue weighted by atomic mass is 10.0. The SMILES string of the molecule is C=C(C)C(=O)Oc1cc(CCCCCCCCC)ccc1C(=O)OCCNC(C)=O. The smallest absolute Gasteiger partial charge is 0.342 e. The maximum atomic E-state index is 12.4. The molecule has 1 amide bonds. The number of hydrogen-bond donors (Lipinski definition) is 1. The maximum Gasteiger partial charge on any atom is 0.342 e. The molecule has 0 radical (unpaired) electrons. The normalized spacial score (nSPS) is 10.4. The quantitative estimate of drug-likeness (QED) is 0.204. The van der Waals surface area contributed by atoms with Gasteiger partial charge in [-0.25, -0.2) is 9.59 Å². The minimum Gasteiger partial charge on any atom is -0.460 e. The molecular formula is C24H35NO5. The molecule has 1 aromatic carbocycles. The van der Waals surface area contributed by atoms with Crippen molar-refractivity contribution >= 4 is 17.8 Å². The number of carbonyl (C=O) groups excluding carboxylic acids is 3.